The van der Waals surface area contributed by atoms with Gasteiger partial charge in [-0.1, -0.05) is 13.0 Å². The maximum atomic E-state index is 12.7. The van der Waals surface area contributed by atoms with E-state index in [2.05, 4.69) is 0 Å². The van der Waals surface area contributed by atoms with Crippen molar-refractivity contribution >= 4 is 6.09 Å². The van der Waals surface area contributed by atoms with Crippen LogP contribution in [0.4, 0.5) is 18.0 Å². The third kappa shape index (κ3) is 4.80. The molecule has 1 aliphatic rings. The first-order valence-electron chi connectivity index (χ1n) is 8.41. The van der Waals surface area contributed by atoms with E-state index in [4.69, 9.17) is 4.74 Å². The molecule has 140 valence electrons. The van der Waals surface area contributed by atoms with Gasteiger partial charge in [-0.05, 0) is 56.7 Å². The van der Waals surface area contributed by atoms with Crippen LogP contribution in [0, 0.1) is 0 Å². The maximum Gasteiger partial charge on any atom is 0.416 e. The third-order valence-corrected chi connectivity index (χ3v) is 4.77. The van der Waals surface area contributed by atoms with Crippen molar-refractivity contribution in [2.45, 2.75) is 57.7 Å². The second-order valence-corrected chi connectivity index (χ2v) is 7.01. The number of carbonyl (C=O) groups excluding carboxylic acids is 1. The van der Waals surface area contributed by atoms with Gasteiger partial charge in [0.05, 0.1) is 5.56 Å². The quantitative estimate of drug-likeness (QED) is 0.834. The Labute approximate surface area is 145 Å². The summed E-state index contributed by atoms with van der Waals surface area (Å²) in [5.74, 6) is -0.423. The Bertz CT molecular complexity index is 620. The van der Waals surface area contributed by atoms with E-state index < -0.39 is 17.3 Å². The number of phenolic OH excluding ortho intramolecular Hbond substituents is 1. The Morgan fingerprint density at radius 1 is 1.28 bits per heavy atom. The van der Waals surface area contributed by atoms with Crippen molar-refractivity contribution in [1.29, 1.82) is 0 Å². The molecule has 2 rings (SSSR count). The van der Waals surface area contributed by atoms with Crippen LogP contribution >= 0.6 is 0 Å². The molecule has 1 saturated heterocycles. The molecule has 1 fully saturated rings. The summed E-state index contributed by atoms with van der Waals surface area (Å²) in [6, 6.07) is 3.08. The number of hydrogen-bond acceptors (Lipinski definition) is 3. The van der Waals surface area contributed by atoms with Crippen molar-refractivity contribution in [2.24, 2.45) is 0 Å². The van der Waals surface area contributed by atoms with Gasteiger partial charge < -0.3 is 14.7 Å². The van der Waals surface area contributed by atoms with Gasteiger partial charge in [-0.15, -0.1) is 0 Å². The minimum Gasteiger partial charge on any atom is -0.508 e. The van der Waals surface area contributed by atoms with Gasteiger partial charge in [-0.25, -0.2) is 4.79 Å². The number of halogens is 3. The number of phenols is 1. The molecule has 0 radical (unpaired) electrons. The first-order chi connectivity index (χ1) is 11.5. The molecule has 1 aliphatic heterocycles. The van der Waals surface area contributed by atoms with Crippen LogP contribution in [0.1, 0.15) is 57.1 Å². The van der Waals surface area contributed by atoms with Gasteiger partial charge in [0.15, 0.2) is 0 Å². The fraction of sp³-hybridized carbons (Fsp3) is 0.611. The molecule has 0 atom stereocenters. The molecule has 25 heavy (non-hydrogen) atoms. The highest BCUT2D eigenvalue weighted by atomic mass is 19.4. The number of amides is 1. The first kappa shape index (κ1) is 19.4. The van der Waals surface area contributed by atoms with Crippen LogP contribution in [0.3, 0.4) is 0 Å². The van der Waals surface area contributed by atoms with Crippen molar-refractivity contribution in [3.05, 3.63) is 29.3 Å². The zero-order chi connectivity index (χ0) is 18.8. The molecule has 1 aromatic rings. The second kappa shape index (κ2) is 7.14. The predicted octanol–water partition coefficient (Wildman–Crippen LogP) is 4.92. The van der Waals surface area contributed by atoms with E-state index in [-0.39, 0.29) is 17.8 Å². The molecule has 1 N–H and O–H groups in total. The van der Waals surface area contributed by atoms with Crippen LogP contribution in [0.15, 0.2) is 18.2 Å². The van der Waals surface area contributed by atoms with E-state index in [1.807, 2.05) is 20.8 Å². The number of alkyl halides is 3. The second-order valence-electron chi connectivity index (χ2n) is 7.01. The molecule has 7 heteroatoms. The number of hydrogen-bond donors (Lipinski definition) is 1. The highest BCUT2D eigenvalue weighted by molar-refractivity contribution is 5.68. The number of carbonyl (C=O) groups is 1. The number of likely N-dealkylation sites (tertiary alicyclic amines) is 1. The van der Waals surface area contributed by atoms with E-state index in [0.29, 0.717) is 37.9 Å². The van der Waals surface area contributed by atoms with Crippen molar-refractivity contribution < 1.29 is 27.8 Å². The highest BCUT2D eigenvalue weighted by Gasteiger charge is 2.33. The summed E-state index contributed by atoms with van der Waals surface area (Å²) in [6.45, 7) is 6.52. The Morgan fingerprint density at radius 3 is 2.36 bits per heavy atom. The predicted molar refractivity (Wildman–Crippen MR) is 87.5 cm³/mol. The van der Waals surface area contributed by atoms with Crippen molar-refractivity contribution in [3.8, 4) is 5.75 Å². The Kier molecular flexibility index (Phi) is 5.54. The lowest BCUT2D eigenvalue weighted by molar-refractivity contribution is -0.137. The summed E-state index contributed by atoms with van der Waals surface area (Å²) < 4.78 is 43.5. The van der Waals surface area contributed by atoms with Gasteiger partial charge in [0.2, 0.25) is 0 Å². The van der Waals surface area contributed by atoms with Gasteiger partial charge in [-0.2, -0.15) is 13.2 Å². The number of piperidine rings is 1. The van der Waals surface area contributed by atoms with E-state index in [0.717, 1.165) is 12.1 Å². The summed E-state index contributed by atoms with van der Waals surface area (Å²) in [4.78, 5) is 13.8. The van der Waals surface area contributed by atoms with E-state index >= 15 is 0 Å². The summed E-state index contributed by atoms with van der Waals surface area (Å²) in [5, 5.41) is 9.96. The summed E-state index contributed by atoms with van der Waals surface area (Å²) in [5.41, 5.74) is -0.897. The summed E-state index contributed by atoms with van der Waals surface area (Å²) in [7, 11) is 0. The SMILES string of the molecule is CCC(C)(C)OC(=O)N1CCC(c2ccc(C(F)(F)F)cc2O)CC1. The number of benzene rings is 1. The van der Waals surface area contributed by atoms with Crippen LogP contribution in [-0.2, 0) is 10.9 Å². The molecule has 0 spiro atoms. The Morgan fingerprint density at radius 2 is 1.88 bits per heavy atom. The average molecular weight is 359 g/mol. The average Bonchev–Trinajstić information content (AvgIpc) is 2.53. The van der Waals surface area contributed by atoms with Gasteiger partial charge in [0.25, 0.3) is 0 Å². The molecule has 1 aromatic carbocycles. The molecular weight excluding hydrogens is 335 g/mol. The number of nitrogens with zero attached hydrogens (tertiary/aromatic N) is 1. The Hall–Kier alpha value is -1.92. The molecule has 0 bridgehead atoms. The summed E-state index contributed by atoms with van der Waals surface area (Å²) >= 11 is 0. The van der Waals surface area contributed by atoms with Crippen molar-refractivity contribution in [2.75, 3.05) is 13.1 Å². The largest absolute Gasteiger partial charge is 0.508 e. The van der Waals surface area contributed by atoms with Gasteiger partial charge in [-0.3, -0.25) is 0 Å². The first-order valence-corrected chi connectivity index (χ1v) is 8.41. The van der Waals surface area contributed by atoms with Crippen molar-refractivity contribution in [3.63, 3.8) is 0 Å². The lowest BCUT2D eigenvalue weighted by Gasteiger charge is -2.34. The van der Waals surface area contributed by atoms with Crippen molar-refractivity contribution in [1.82, 2.24) is 4.90 Å². The van der Waals surface area contributed by atoms with Gasteiger partial charge >= 0.3 is 12.3 Å². The molecular formula is C18H24F3NO3. The zero-order valence-corrected chi connectivity index (χ0v) is 14.7. The molecule has 1 heterocycles. The molecule has 0 unspecified atom stereocenters. The number of rotatable bonds is 3. The lowest BCUT2D eigenvalue weighted by Crippen LogP contribution is -2.42. The fourth-order valence-electron chi connectivity index (χ4n) is 2.81. The normalized spacial score (nSPS) is 16.8. The molecule has 0 aliphatic carbocycles. The minimum atomic E-state index is -4.48. The van der Waals surface area contributed by atoms with E-state index in [9.17, 15) is 23.1 Å². The van der Waals surface area contributed by atoms with E-state index in [1.165, 1.54) is 6.07 Å². The lowest BCUT2D eigenvalue weighted by atomic mass is 9.88. The van der Waals surface area contributed by atoms with Crippen LogP contribution in [0.25, 0.3) is 0 Å². The number of aromatic hydroxyl groups is 1. The Balaban J connectivity index is 1.99. The van der Waals surface area contributed by atoms with Crippen LogP contribution in [-0.4, -0.2) is 34.8 Å². The summed E-state index contributed by atoms with van der Waals surface area (Å²) in [6.07, 6.45) is -3.01. The smallest absolute Gasteiger partial charge is 0.416 e. The van der Waals surface area contributed by atoms with Crippen LogP contribution in [0.5, 0.6) is 5.75 Å². The minimum absolute atomic E-state index is 0.0782. The third-order valence-electron chi connectivity index (χ3n) is 4.77. The molecule has 0 aromatic heterocycles. The van der Waals surface area contributed by atoms with Crippen LogP contribution in [0.2, 0.25) is 0 Å². The standard InChI is InChI=1S/C18H24F3NO3/c1-4-17(2,3)25-16(24)22-9-7-12(8-10-22)14-6-5-13(11-15(14)23)18(19,20)21/h5-6,11-12,23H,4,7-10H2,1-3H3. The molecule has 0 saturated carbocycles. The molecule has 4 nitrogen and oxygen atoms in total. The topological polar surface area (TPSA) is 49.8 Å². The number of ether oxygens (including phenoxy) is 1. The van der Waals surface area contributed by atoms with Crippen LogP contribution < -0.4 is 0 Å². The maximum absolute atomic E-state index is 12.7. The van der Waals surface area contributed by atoms with E-state index in [1.54, 1.807) is 4.90 Å². The zero-order valence-electron chi connectivity index (χ0n) is 14.7. The highest BCUT2D eigenvalue weighted by Crippen LogP contribution is 2.38. The monoisotopic (exact) mass is 359 g/mol. The fourth-order valence-corrected chi connectivity index (χ4v) is 2.81. The molecule has 1 amide bonds. The van der Waals surface area contributed by atoms with Gasteiger partial charge in [0, 0.05) is 13.1 Å². The van der Waals surface area contributed by atoms with Gasteiger partial charge in [0.1, 0.15) is 11.4 Å².